The molecule has 0 aliphatic heterocycles. The van der Waals surface area contributed by atoms with Crippen LogP contribution in [0.5, 0.6) is 0 Å². The molecule has 0 unspecified atom stereocenters. The second-order valence-electron chi connectivity index (χ2n) is 5.20. The van der Waals surface area contributed by atoms with E-state index in [0.29, 0.717) is 0 Å². The van der Waals surface area contributed by atoms with Crippen molar-refractivity contribution in [1.82, 2.24) is 14.6 Å². The molecule has 2 aromatic heterocycles. The summed E-state index contributed by atoms with van der Waals surface area (Å²) in [4.78, 5) is 4.36. The number of hydrogen-bond donors (Lipinski definition) is 1. The van der Waals surface area contributed by atoms with Crippen LogP contribution in [-0.2, 0) is 4.74 Å². The average Bonchev–Trinajstić information content (AvgIpc) is 2.82. The second kappa shape index (κ2) is 5.35. The summed E-state index contributed by atoms with van der Waals surface area (Å²) in [6.07, 6.45) is 6.39. The third-order valence-corrected chi connectivity index (χ3v) is 3.04. The Bertz CT molecular complexity index is 506. The number of hydrogen-bond acceptors (Lipinski definition) is 4. The Kier molecular flexibility index (Phi) is 3.81. The zero-order valence-corrected chi connectivity index (χ0v) is 11.2. The summed E-state index contributed by atoms with van der Waals surface area (Å²) in [6, 6.07) is 1.96. The van der Waals surface area contributed by atoms with Crippen molar-refractivity contribution in [3.8, 4) is 0 Å². The smallest absolute Gasteiger partial charge is 0.152 e. The zero-order chi connectivity index (χ0) is 13.0. The van der Waals surface area contributed by atoms with E-state index in [4.69, 9.17) is 4.74 Å². The summed E-state index contributed by atoms with van der Waals surface area (Å²) in [5, 5.41) is 7.59. The van der Waals surface area contributed by atoms with Gasteiger partial charge in [-0.2, -0.15) is 5.10 Å². The van der Waals surface area contributed by atoms with Gasteiger partial charge < -0.3 is 10.1 Å². The molecule has 0 spiro atoms. The summed E-state index contributed by atoms with van der Waals surface area (Å²) in [5.41, 5.74) is 1.17. The van der Waals surface area contributed by atoms with E-state index >= 15 is 0 Å². The SMILES string of the molecule is COCCC(C)(C)CNc1nccn2nccc12. The highest BCUT2D eigenvalue weighted by atomic mass is 16.5. The standard InChI is InChI=1S/C13H20N4O/c1-13(2,5-9-18-3)10-15-12-11-4-6-16-17(11)8-7-14-12/h4,6-8H,5,9-10H2,1-3H3,(H,14,15). The van der Waals surface area contributed by atoms with Crippen LogP contribution in [0.15, 0.2) is 24.7 Å². The highest BCUT2D eigenvalue weighted by molar-refractivity contribution is 5.66. The van der Waals surface area contributed by atoms with E-state index in [2.05, 4.69) is 29.2 Å². The Labute approximate surface area is 107 Å². The van der Waals surface area contributed by atoms with Crippen LogP contribution in [0.4, 0.5) is 5.82 Å². The van der Waals surface area contributed by atoms with Gasteiger partial charge in [-0.15, -0.1) is 0 Å². The highest BCUT2D eigenvalue weighted by Crippen LogP contribution is 2.22. The fourth-order valence-corrected chi connectivity index (χ4v) is 1.78. The molecule has 2 aromatic rings. The summed E-state index contributed by atoms with van der Waals surface area (Å²) < 4.78 is 6.95. The molecule has 0 bridgehead atoms. The van der Waals surface area contributed by atoms with Gasteiger partial charge in [0.15, 0.2) is 5.82 Å². The van der Waals surface area contributed by atoms with Crippen molar-refractivity contribution >= 4 is 11.3 Å². The molecule has 0 aliphatic carbocycles. The monoisotopic (exact) mass is 248 g/mol. The molecular weight excluding hydrogens is 228 g/mol. The average molecular weight is 248 g/mol. The van der Waals surface area contributed by atoms with Crippen LogP contribution in [0, 0.1) is 5.41 Å². The molecule has 0 radical (unpaired) electrons. The van der Waals surface area contributed by atoms with Gasteiger partial charge in [-0.1, -0.05) is 13.8 Å². The van der Waals surface area contributed by atoms with Crippen LogP contribution in [0.3, 0.4) is 0 Å². The van der Waals surface area contributed by atoms with E-state index < -0.39 is 0 Å². The maximum absolute atomic E-state index is 5.13. The first-order valence-corrected chi connectivity index (χ1v) is 6.13. The molecule has 0 saturated heterocycles. The largest absolute Gasteiger partial charge is 0.385 e. The summed E-state index contributed by atoms with van der Waals surface area (Å²) >= 11 is 0. The topological polar surface area (TPSA) is 51.5 Å². The van der Waals surface area contributed by atoms with E-state index in [0.717, 1.165) is 30.9 Å². The number of rotatable bonds is 6. The Morgan fingerprint density at radius 2 is 2.22 bits per heavy atom. The van der Waals surface area contributed by atoms with Gasteiger partial charge in [-0.3, -0.25) is 0 Å². The predicted molar refractivity (Wildman–Crippen MR) is 71.8 cm³/mol. The van der Waals surface area contributed by atoms with Crippen LogP contribution < -0.4 is 5.32 Å². The Hall–Kier alpha value is -1.62. The van der Waals surface area contributed by atoms with Gasteiger partial charge in [0.2, 0.25) is 0 Å². The lowest BCUT2D eigenvalue weighted by atomic mass is 9.90. The van der Waals surface area contributed by atoms with Crippen LogP contribution in [-0.4, -0.2) is 34.9 Å². The van der Waals surface area contributed by atoms with Crippen LogP contribution in [0.25, 0.3) is 5.52 Å². The van der Waals surface area contributed by atoms with Crippen molar-refractivity contribution in [3.63, 3.8) is 0 Å². The quantitative estimate of drug-likeness (QED) is 0.851. The van der Waals surface area contributed by atoms with Gasteiger partial charge in [0.1, 0.15) is 5.52 Å². The molecule has 2 rings (SSSR count). The minimum atomic E-state index is 0.171. The number of fused-ring (bicyclic) bond motifs is 1. The van der Waals surface area contributed by atoms with Crippen molar-refractivity contribution in [3.05, 3.63) is 24.7 Å². The van der Waals surface area contributed by atoms with Gasteiger partial charge in [0.25, 0.3) is 0 Å². The van der Waals surface area contributed by atoms with Crippen molar-refractivity contribution in [2.75, 3.05) is 25.6 Å². The lowest BCUT2D eigenvalue weighted by Crippen LogP contribution is -2.25. The number of aromatic nitrogens is 3. The maximum Gasteiger partial charge on any atom is 0.152 e. The van der Waals surface area contributed by atoms with E-state index in [1.165, 1.54) is 0 Å². The van der Waals surface area contributed by atoms with Crippen LogP contribution in [0.2, 0.25) is 0 Å². The molecule has 2 heterocycles. The summed E-state index contributed by atoms with van der Waals surface area (Å²) in [6.45, 7) is 6.07. The molecule has 0 saturated carbocycles. The van der Waals surface area contributed by atoms with E-state index in [1.807, 2.05) is 16.8 Å². The first kappa shape index (κ1) is 12.8. The summed E-state index contributed by atoms with van der Waals surface area (Å²) in [5.74, 6) is 0.875. The van der Waals surface area contributed by atoms with Crippen LogP contribution >= 0.6 is 0 Å². The zero-order valence-electron chi connectivity index (χ0n) is 11.2. The number of methoxy groups -OCH3 is 1. The molecule has 5 heteroatoms. The molecule has 98 valence electrons. The second-order valence-corrected chi connectivity index (χ2v) is 5.20. The van der Waals surface area contributed by atoms with Gasteiger partial charge in [-0.05, 0) is 17.9 Å². The minimum Gasteiger partial charge on any atom is -0.385 e. The van der Waals surface area contributed by atoms with E-state index in [1.54, 1.807) is 19.5 Å². The molecule has 1 N–H and O–H groups in total. The van der Waals surface area contributed by atoms with E-state index in [9.17, 15) is 0 Å². The molecular formula is C13H20N4O. The molecule has 18 heavy (non-hydrogen) atoms. The highest BCUT2D eigenvalue weighted by Gasteiger charge is 2.18. The minimum absolute atomic E-state index is 0.171. The normalized spacial score (nSPS) is 11.9. The lowest BCUT2D eigenvalue weighted by Gasteiger charge is -2.24. The van der Waals surface area contributed by atoms with Crippen molar-refractivity contribution in [2.45, 2.75) is 20.3 Å². The molecule has 0 fully saturated rings. The fraction of sp³-hybridized carbons (Fsp3) is 0.538. The fourth-order valence-electron chi connectivity index (χ4n) is 1.78. The van der Waals surface area contributed by atoms with Gasteiger partial charge in [0.05, 0.1) is 6.20 Å². The van der Waals surface area contributed by atoms with E-state index in [-0.39, 0.29) is 5.41 Å². The first-order valence-electron chi connectivity index (χ1n) is 6.13. The molecule has 0 aliphatic rings. The lowest BCUT2D eigenvalue weighted by molar-refractivity contribution is 0.157. The third kappa shape index (κ3) is 2.98. The van der Waals surface area contributed by atoms with Crippen LogP contribution in [0.1, 0.15) is 20.3 Å². The number of ether oxygens (including phenoxy) is 1. The molecule has 5 nitrogen and oxygen atoms in total. The predicted octanol–water partition coefficient (Wildman–Crippen LogP) is 2.20. The molecule has 0 amide bonds. The van der Waals surface area contributed by atoms with Crippen molar-refractivity contribution in [2.24, 2.45) is 5.41 Å². The van der Waals surface area contributed by atoms with Gasteiger partial charge >= 0.3 is 0 Å². The van der Waals surface area contributed by atoms with Gasteiger partial charge in [0, 0.05) is 32.7 Å². The molecule has 0 aromatic carbocycles. The third-order valence-electron chi connectivity index (χ3n) is 3.04. The Morgan fingerprint density at radius 3 is 3.00 bits per heavy atom. The maximum atomic E-state index is 5.13. The number of nitrogens with zero attached hydrogens (tertiary/aromatic N) is 3. The van der Waals surface area contributed by atoms with Crippen molar-refractivity contribution < 1.29 is 4.74 Å². The number of anilines is 1. The van der Waals surface area contributed by atoms with Gasteiger partial charge in [-0.25, -0.2) is 9.50 Å². The molecule has 0 atom stereocenters. The Morgan fingerprint density at radius 1 is 1.39 bits per heavy atom. The Balaban J connectivity index is 2.03. The number of nitrogens with one attached hydrogen (secondary N) is 1. The first-order chi connectivity index (χ1) is 8.62. The van der Waals surface area contributed by atoms with Crippen molar-refractivity contribution in [1.29, 1.82) is 0 Å². The summed E-state index contributed by atoms with van der Waals surface area (Å²) in [7, 11) is 1.73.